The monoisotopic (exact) mass is 355 g/mol. The third-order valence-corrected chi connectivity index (χ3v) is 4.93. The van der Waals surface area contributed by atoms with Crippen LogP contribution in [0.5, 0.6) is 0 Å². The lowest BCUT2D eigenvalue weighted by Crippen LogP contribution is -2.10. The summed E-state index contributed by atoms with van der Waals surface area (Å²) < 4.78 is 7.67. The van der Waals surface area contributed by atoms with E-state index in [2.05, 4.69) is 15.9 Å². The van der Waals surface area contributed by atoms with Crippen LogP contribution in [0.3, 0.4) is 0 Å². The van der Waals surface area contributed by atoms with Gasteiger partial charge in [-0.1, -0.05) is 27.5 Å². The Balaban J connectivity index is 2.12. The number of fused-ring (bicyclic) bond motifs is 1. The number of furan rings is 1. The van der Waals surface area contributed by atoms with Crippen LogP contribution in [0.1, 0.15) is 22.2 Å². The Labute approximate surface area is 128 Å². The Kier molecular flexibility index (Phi) is 3.43. The van der Waals surface area contributed by atoms with Crippen molar-refractivity contribution in [3.05, 3.63) is 55.3 Å². The molecule has 0 aliphatic carbocycles. The summed E-state index contributed by atoms with van der Waals surface area (Å²) in [7, 11) is 0. The van der Waals surface area contributed by atoms with Crippen LogP contribution in [-0.4, -0.2) is 0 Å². The minimum atomic E-state index is -0.274. The van der Waals surface area contributed by atoms with Crippen molar-refractivity contribution in [2.24, 2.45) is 5.73 Å². The molecule has 2 N–H and O–H groups in total. The van der Waals surface area contributed by atoms with Crippen LogP contribution in [0.2, 0.25) is 4.34 Å². The summed E-state index contributed by atoms with van der Waals surface area (Å²) >= 11 is 10.9. The molecule has 1 unspecified atom stereocenters. The maximum absolute atomic E-state index is 6.28. The highest BCUT2D eigenvalue weighted by Gasteiger charge is 2.20. The fraction of sp³-hybridized carbons (Fsp3) is 0.143. The van der Waals surface area contributed by atoms with E-state index < -0.39 is 0 Å². The van der Waals surface area contributed by atoms with Crippen LogP contribution < -0.4 is 5.73 Å². The molecule has 0 radical (unpaired) electrons. The van der Waals surface area contributed by atoms with E-state index in [4.69, 9.17) is 21.8 Å². The van der Waals surface area contributed by atoms with Gasteiger partial charge in [-0.05, 0) is 37.3 Å². The molecule has 0 fully saturated rings. The molecule has 1 aromatic carbocycles. The van der Waals surface area contributed by atoms with Gasteiger partial charge in [0.25, 0.3) is 0 Å². The van der Waals surface area contributed by atoms with Gasteiger partial charge in [0.2, 0.25) is 0 Å². The van der Waals surface area contributed by atoms with E-state index in [9.17, 15) is 0 Å². The number of hydrogen-bond donors (Lipinski definition) is 1. The smallest absolute Gasteiger partial charge is 0.134 e. The first-order chi connectivity index (χ1) is 9.06. The van der Waals surface area contributed by atoms with Crippen molar-refractivity contribution in [3.63, 3.8) is 0 Å². The van der Waals surface area contributed by atoms with Crippen molar-refractivity contribution in [2.75, 3.05) is 0 Å². The number of hydrogen-bond acceptors (Lipinski definition) is 3. The van der Waals surface area contributed by atoms with Crippen molar-refractivity contribution in [2.45, 2.75) is 13.0 Å². The summed E-state index contributed by atoms with van der Waals surface area (Å²) in [5.74, 6) is 0.798. The van der Waals surface area contributed by atoms with Gasteiger partial charge in [-0.25, -0.2) is 0 Å². The molecular weight excluding hydrogens is 346 g/mol. The summed E-state index contributed by atoms with van der Waals surface area (Å²) in [6.45, 7) is 2.03. The second-order valence-corrected chi connectivity index (χ2v) is 7.01. The Morgan fingerprint density at radius 2 is 2.11 bits per heavy atom. The highest BCUT2D eigenvalue weighted by molar-refractivity contribution is 9.10. The molecule has 3 rings (SSSR count). The minimum absolute atomic E-state index is 0.274. The zero-order chi connectivity index (χ0) is 13.6. The van der Waals surface area contributed by atoms with E-state index >= 15 is 0 Å². The Bertz CT molecular complexity index is 749. The summed E-state index contributed by atoms with van der Waals surface area (Å²) in [6.07, 6.45) is 0. The molecule has 3 aromatic rings. The van der Waals surface area contributed by atoms with Crippen LogP contribution in [-0.2, 0) is 0 Å². The number of rotatable bonds is 2. The third-order valence-electron chi connectivity index (χ3n) is 3.12. The van der Waals surface area contributed by atoms with E-state index in [0.717, 1.165) is 36.0 Å². The molecule has 2 nitrogen and oxygen atoms in total. The van der Waals surface area contributed by atoms with Crippen LogP contribution in [0, 0.1) is 6.92 Å². The standard InChI is InChI=1S/C14H11BrClNOS/c1-7-9-6-8(15)2-3-10(9)18-14(7)13(17)11-4-5-12(16)19-11/h2-6,13H,17H2,1H3. The molecule has 0 bridgehead atoms. The zero-order valence-corrected chi connectivity index (χ0v) is 13.3. The van der Waals surface area contributed by atoms with E-state index in [0.29, 0.717) is 0 Å². The summed E-state index contributed by atoms with van der Waals surface area (Å²) in [4.78, 5) is 1.01. The minimum Gasteiger partial charge on any atom is -0.459 e. The largest absolute Gasteiger partial charge is 0.459 e. The van der Waals surface area contributed by atoms with Crippen LogP contribution >= 0.6 is 38.9 Å². The number of benzene rings is 1. The van der Waals surface area contributed by atoms with Gasteiger partial charge in [0.05, 0.1) is 10.4 Å². The van der Waals surface area contributed by atoms with Crippen LogP contribution in [0.25, 0.3) is 11.0 Å². The molecule has 0 aliphatic heterocycles. The van der Waals surface area contributed by atoms with E-state index in [1.54, 1.807) is 0 Å². The normalized spacial score (nSPS) is 13.1. The molecule has 2 aromatic heterocycles. The van der Waals surface area contributed by atoms with Gasteiger partial charge < -0.3 is 10.2 Å². The lowest BCUT2D eigenvalue weighted by Gasteiger charge is -2.07. The second kappa shape index (κ2) is 4.94. The van der Waals surface area contributed by atoms with E-state index in [1.165, 1.54) is 11.3 Å². The summed E-state index contributed by atoms with van der Waals surface area (Å²) in [5.41, 5.74) is 8.21. The Morgan fingerprint density at radius 3 is 2.79 bits per heavy atom. The van der Waals surface area contributed by atoms with Gasteiger partial charge in [0.1, 0.15) is 11.3 Å². The molecule has 1 atom stereocenters. The third kappa shape index (κ3) is 2.34. The van der Waals surface area contributed by atoms with Gasteiger partial charge in [0, 0.05) is 20.3 Å². The quantitative estimate of drug-likeness (QED) is 0.679. The molecule has 5 heteroatoms. The van der Waals surface area contributed by atoms with Crippen LogP contribution in [0.4, 0.5) is 0 Å². The first-order valence-corrected chi connectivity index (χ1v) is 7.74. The molecule has 0 saturated heterocycles. The fourth-order valence-corrected chi connectivity index (χ4v) is 3.56. The molecule has 0 saturated carbocycles. The molecule has 0 amide bonds. The van der Waals surface area contributed by atoms with E-state index in [1.807, 2.05) is 37.3 Å². The molecule has 0 aliphatic rings. The highest BCUT2D eigenvalue weighted by atomic mass is 79.9. The van der Waals surface area contributed by atoms with Crippen LogP contribution in [0.15, 0.2) is 39.2 Å². The highest BCUT2D eigenvalue weighted by Crippen LogP contribution is 2.35. The Morgan fingerprint density at radius 1 is 1.32 bits per heavy atom. The molecule has 2 heterocycles. The van der Waals surface area contributed by atoms with Crippen molar-refractivity contribution in [1.82, 2.24) is 0 Å². The van der Waals surface area contributed by atoms with E-state index in [-0.39, 0.29) is 6.04 Å². The van der Waals surface area contributed by atoms with Gasteiger partial charge >= 0.3 is 0 Å². The topological polar surface area (TPSA) is 39.2 Å². The van der Waals surface area contributed by atoms with Crippen molar-refractivity contribution in [3.8, 4) is 0 Å². The predicted octanol–water partition coefficient (Wildman–Crippen LogP) is 5.27. The molecule has 19 heavy (non-hydrogen) atoms. The second-order valence-electron chi connectivity index (χ2n) is 4.35. The number of thiophene rings is 1. The Hall–Kier alpha value is -0.810. The maximum Gasteiger partial charge on any atom is 0.134 e. The maximum atomic E-state index is 6.28. The van der Waals surface area contributed by atoms with Gasteiger partial charge in [-0.2, -0.15) is 0 Å². The molecular formula is C14H11BrClNOS. The van der Waals surface area contributed by atoms with Crippen molar-refractivity contribution >= 4 is 49.8 Å². The molecule has 98 valence electrons. The lowest BCUT2D eigenvalue weighted by atomic mass is 10.1. The first-order valence-electron chi connectivity index (χ1n) is 5.75. The number of nitrogens with two attached hydrogens (primary N) is 1. The summed E-state index contributed by atoms with van der Waals surface area (Å²) in [6, 6.07) is 9.48. The van der Waals surface area contributed by atoms with Gasteiger partial charge in [-0.15, -0.1) is 11.3 Å². The fourth-order valence-electron chi connectivity index (χ4n) is 2.13. The average molecular weight is 357 g/mol. The SMILES string of the molecule is Cc1c(C(N)c2ccc(Cl)s2)oc2ccc(Br)cc12. The number of halogens is 2. The molecule has 0 spiro atoms. The van der Waals surface area contributed by atoms with Gasteiger partial charge in [-0.3, -0.25) is 0 Å². The zero-order valence-electron chi connectivity index (χ0n) is 10.1. The predicted molar refractivity (Wildman–Crippen MR) is 84.0 cm³/mol. The van der Waals surface area contributed by atoms with Gasteiger partial charge in [0.15, 0.2) is 0 Å². The summed E-state index contributed by atoms with van der Waals surface area (Å²) in [5, 5.41) is 1.09. The number of aryl methyl sites for hydroxylation is 1. The van der Waals surface area contributed by atoms with Crippen molar-refractivity contribution in [1.29, 1.82) is 0 Å². The lowest BCUT2D eigenvalue weighted by molar-refractivity contribution is 0.524. The van der Waals surface area contributed by atoms with Crippen molar-refractivity contribution < 1.29 is 4.42 Å². The first kappa shape index (κ1) is 13.2. The average Bonchev–Trinajstić information content (AvgIpc) is 2.94.